The molecule has 0 spiro atoms. The van der Waals surface area contributed by atoms with E-state index in [4.69, 9.17) is 4.42 Å². The fourth-order valence-electron chi connectivity index (χ4n) is 2.87. The first-order chi connectivity index (χ1) is 12.9. The standard InChI is InChI=1S/C20H15IN2O3S/c1-13-6-9-19(26-13)27(24,25)23-15-7-8-18(21)17(12-15)20-16-5-3-2-4-14(16)10-11-22-20/h2-12,23H,1H3. The molecule has 0 radical (unpaired) electrons. The molecule has 1 N–H and O–H groups in total. The Bertz CT molecular complexity index is 1240. The molecule has 0 aliphatic rings. The third-order valence-electron chi connectivity index (χ3n) is 4.13. The van der Waals surface area contributed by atoms with E-state index in [-0.39, 0.29) is 5.09 Å². The van der Waals surface area contributed by atoms with Crippen molar-refractivity contribution < 1.29 is 12.8 Å². The van der Waals surface area contributed by atoms with Gasteiger partial charge in [-0.1, -0.05) is 24.3 Å². The van der Waals surface area contributed by atoms with Gasteiger partial charge in [0.2, 0.25) is 5.09 Å². The van der Waals surface area contributed by atoms with Gasteiger partial charge in [-0.3, -0.25) is 9.71 Å². The van der Waals surface area contributed by atoms with Crippen LogP contribution in [0.25, 0.3) is 22.0 Å². The van der Waals surface area contributed by atoms with Crippen LogP contribution in [-0.4, -0.2) is 13.4 Å². The van der Waals surface area contributed by atoms with Crippen LogP contribution in [0.5, 0.6) is 0 Å². The van der Waals surface area contributed by atoms with Crippen molar-refractivity contribution in [2.75, 3.05) is 4.72 Å². The molecule has 0 atom stereocenters. The quantitative estimate of drug-likeness (QED) is 0.399. The predicted octanol–water partition coefficient (Wildman–Crippen LogP) is 5.21. The summed E-state index contributed by atoms with van der Waals surface area (Å²) in [5.74, 6) is 0.540. The van der Waals surface area contributed by atoms with Gasteiger partial charge in [-0.05, 0) is 71.3 Å². The summed E-state index contributed by atoms with van der Waals surface area (Å²) in [4.78, 5) is 4.54. The largest absolute Gasteiger partial charge is 0.448 e. The van der Waals surface area contributed by atoms with Gasteiger partial charge < -0.3 is 4.42 Å². The summed E-state index contributed by atoms with van der Waals surface area (Å²) in [6, 6.07) is 18.4. The van der Waals surface area contributed by atoms with Crippen LogP contribution in [0.1, 0.15) is 5.76 Å². The molecule has 0 fully saturated rings. The van der Waals surface area contributed by atoms with E-state index in [9.17, 15) is 8.42 Å². The first-order valence-corrected chi connectivity index (χ1v) is 10.7. The monoisotopic (exact) mass is 490 g/mol. The minimum Gasteiger partial charge on any atom is -0.448 e. The number of sulfonamides is 1. The molecule has 2 aromatic carbocycles. The van der Waals surface area contributed by atoms with Gasteiger partial charge in [-0.2, -0.15) is 8.42 Å². The number of benzene rings is 2. The zero-order valence-corrected chi connectivity index (χ0v) is 17.3. The maximum Gasteiger partial charge on any atom is 0.295 e. The third kappa shape index (κ3) is 3.57. The van der Waals surface area contributed by atoms with Crippen molar-refractivity contribution in [1.82, 2.24) is 4.98 Å². The molecule has 0 saturated carbocycles. The molecule has 0 aliphatic carbocycles. The molecule has 4 aromatic rings. The highest BCUT2D eigenvalue weighted by Crippen LogP contribution is 2.32. The fraction of sp³-hybridized carbons (Fsp3) is 0.0500. The lowest BCUT2D eigenvalue weighted by atomic mass is 10.0. The average Bonchev–Trinajstić information content (AvgIpc) is 3.10. The topological polar surface area (TPSA) is 72.2 Å². The Morgan fingerprint density at radius 1 is 1.04 bits per heavy atom. The van der Waals surface area contributed by atoms with Crippen molar-refractivity contribution in [2.24, 2.45) is 0 Å². The first-order valence-electron chi connectivity index (χ1n) is 8.17. The molecule has 0 saturated heterocycles. The zero-order chi connectivity index (χ0) is 19.0. The number of hydrogen-bond acceptors (Lipinski definition) is 4. The Morgan fingerprint density at radius 2 is 1.85 bits per heavy atom. The van der Waals surface area contributed by atoms with Crippen LogP contribution in [0.3, 0.4) is 0 Å². The number of aryl methyl sites for hydroxylation is 1. The van der Waals surface area contributed by atoms with Crippen LogP contribution >= 0.6 is 22.6 Å². The van der Waals surface area contributed by atoms with Crippen molar-refractivity contribution in [2.45, 2.75) is 12.0 Å². The Labute approximate surface area is 170 Å². The third-order valence-corrected chi connectivity index (χ3v) is 6.32. The number of nitrogens with one attached hydrogen (secondary N) is 1. The Hall–Kier alpha value is -2.39. The number of aromatic nitrogens is 1. The molecule has 27 heavy (non-hydrogen) atoms. The Balaban J connectivity index is 1.78. The number of furan rings is 1. The lowest BCUT2D eigenvalue weighted by molar-refractivity contribution is 0.430. The number of anilines is 1. The maximum absolute atomic E-state index is 12.5. The van der Waals surface area contributed by atoms with Crippen LogP contribution in [-0.2, 0) is 10.0 Å². The Morgan fingerprint density at radius 3 is 2.63 bits per heavy atom. The molecule has 0 aliphatic heterocycles. The summed E-state index contributed by atoms with van der Waals surface area (Å²) in [7, 11) is -3.79. The molecule has 7 heteroatoms. The van der Waals surface area contributed by atoms with Gasteiger partial charge in [-0.15, -0.1) is 0 Å². The molecular weight excluding hydrogens is 475 g/mol. The fourth-order valence-corrected chi connectivity index (χ4v) is 4.48. The maximum atomic E-state index is 12.5. The zero-order valence-electron chi connectivity index (χ0n) is 14.3. The van der Waals surface area contributed by atoms with E-state index in [1.807, 2.05) is 36.4 Å². The van der Waals surface area contributed by atoms with Gasteiger partial charge in [0.25, 0.3) is 10.0 Å². The summed E-state index contributed by atoms with van der Waals surface area (Å²) < 4.78 is 33.9. The highest BCUT2D eigenvalue weighted by Gasteiger charge is 2.19. The number of fused-ring (bicyclic) bond motifs is 1. The molecule has 136 valence electrons. The van der Waals surface area contributed by atoms with Crippen LogP contribution in [0.2, 0.25) is 0 Å². The predicted molar refractivity (Wildman–Crippen MR) is 114 cm³/mol. The van der Waals surface area contributed by atoms with Crippen LogP contribution in [0, 0.1) is 10.5 Å². The van der Waals surface area contributed by atoms with Crippen molar-refractivity contribution in [1.29, 1.82) is 0 Å². The van der Waals surface area contributed by atoms with Crippen molar-refractivity contribution in [3.8, 4) is 11.3 Å². The molecule has 4 rings (SSSR count). The van der Waals surface area contributed by atoms with Crippen LogP contribution in [0.4, 0.5) is 5.69 Å². The lowest BCUT2D eigenvalue weighted by Gasteiger charge is -2.11. The van der Waals surface area contributed by atoms with E-state index in [1.54, 1.807) is 31.3 Å². The van der Waals surface area contributed by atoms with E-state index >= 15 is 0 Å². The Kier molecular flexibility index (Phi) is 4.65. The summed E-state index contributed by atoms with van der Waals surface area (Å²) in [6.45, 7) is 1.70. The first kappa shape index (κ1) is 18.0. The minimum absolute atomic E-state index is 0.108. The van der Waals surface area contributed by atoms with Crippen molar-refractivity contribution in [3.63, 3.8) is 0 Å². The number of rotatable bonds is 4. The van der Waals surface area contributed by atoms with Gasteiger partial charge >= 0.3 is 0 Å². The van der Waals surface area contributed by atoms with E-state index in [2.05, 4.69) is 32.3 Å². The molecule has 0 unspecified atom stereocenters. The molecule has 0 bridgehead atoms. The summed E-state index contributed by atoms with van der Waals surface area (Å²) >= 11 is 2.23. The number of halogens is 1. The number of hydrogen-bond donors (Lipinski definition) is 1. The number of nitrogens with zero attached hydrogens (tertiary/aromatic N) is 1. The minimum atomic E-state index is -3.79. The van der Waals surface area contributed by atoms with Gasteiger partial charge in [0, 0.05) is 26.4 Å². The highest BCUT2D eigenvalue weighted by atomic mass is 127. The van der Waals surface area contributed by atoms with Gasteiger partial charge in [0.05, 0.1) is 5.69 Å². The molecule has 2 heterocycles. The second kappa shape index (κ2) is 6.97. The van der Waals surface area contributed by atoms with E-state index in [0.29, 0.717) is 11.4 Å². The second-order valence-electron chi connectivity index (χ2n) is 6.05. The van der Waals surface area contributed by atoms with Gasteiger partial charge in [0.1, 0.15) is 5.76 Å². The van der Waals surface area contributed by atoms with Crippen molar-refractivity contribution >= 4 is 49.1 Å². The van der Waals surface area contributed by atoms with E-state index < -0.39 is 10.0 Å². The smallest absolute Gasteiger partial charge is 0.295 e. The molecule has 0 amide bonds. The second-order valence-corrected chi connectivity index (χ2v) is 8.82. The molecule has 5 nitrogen and oxygen atoms in total. The van der Waals surface area contributed by atoms with Gasteiger partial charge in [-0.25, -0.2) is 0 Å². The lowest BCUT2D eigenvalue weighted by Crippen LogP contribution is -2.12. The summed E-state index contributed by atoms with van der Waals surface area (Å²) in [5.41, 5.74) is 2.13. The molecular formula is C20H15IN2O3S. The summed E-state index contributed by atoms with van der Waals surface area (Å²) in [5, 5.41) is 1.98. The van der Waals surface area contributed by atoms with E-state index in [0.717, 1.165) is 25.6 Å². The van der Waals surface area contributed by atoms with Crippen LogP contribution < -0.4 is 4.72 Å². The normalized spacial score (nSPS) is 11.6. The SMILES string of the molecule is Cc1ccc(S(=O)(=O)Nc2ccc(I)c(-c3nccc4ccccc34)c2)o1. The van der Waals surface area contributed by atoms with Crippen LogP contribution in [0.15, 0.2) is 76.4 Å². The highest BCUT2D eigenvalue weighted by molar-refractivity contribution is 14.1. The van der Waals surface area contributed by atoms with Crippen molar-refractivity contribution in [3.05, 3.63) is 76.2 Å². The van der Waals surface area contributed by atoms with Gasteiger partial charge in [0.15, 0.2) is 0 Å². The molecule has 2 aromatic heterocycles. The average molecular weight is 490 g/mol. The summed E-state index contributed by atoms with van der Waals surface area (Å²) in [6.07, 6.45) is 1.76. The van der Waals surface area contributed by atoms with E-state index in [1.165, 1.54) is 6.07 Å². The number of pyridine rings is 1.